The normalized spacial score (nSPS) is 30.7. The summed E-state index contributed by atoms with van der Waals surface area (Å²) in [6, 6.07) is 0. The lowest BCUT2D eigenvalue weighted by molar-refractivity contribution is -0.184. The topological polar surface area (TPSA) is 38.8 Å². The molecule has 2 saturated heterocycles. The van der Waals surface area contributed by atoms with E-state index in [1.165, 1.54) is 0 Å². The maximum atomic E-state index is 12.7. The molecule has 138 valence electrons. The predicted molar refractivity (Wildman–Crippen MR) is 81.1 cm³/mol. The van der Waals surface area contributed by atoms with Gasteiger partial charge in [0.2, 0.25) is 5.91 Å². The van der Waals surface area contributed by atoms with Gasteiger partial charge < -0.3 is 14.4 Å². The van der Waals surface area contributed by atoms with E-state index < -0.39 is 12.1 Å². The van der Waals surface area contributed by atoms with E-state index in [0.29, 0.717) is 51.5 Å². The Kier molecular flexibility index (Phi) is 5.70. The van der Waals surface area contributed by atoms with Crippen LogP contribution in [0.4, 0.5) is 13.2 Å². The summed E-state index contributed by atoms with van der Waals surface area (Å²) in [6.45, 7) is 2.68. The third kappa shape index (κ3) is 4.42. The zero-order chi connectivity index (χ0) is 17.2. The van der Waals surface area contributed by atoms with Gasteiger partial charge in [-0.05, 0) is 44.4 Å². The lowest BCUT2D eigenvalue weighted by atomic mass is 9.80. The van der Waals surface area contributed by atoms with Gasteiger partial charge in [-0.1, -0.05) is 0 Å². The Hall–Kier alpha value is -0.820. The van der Waals surface area contributed by atoms with Crippen LogP contribution in [-0.4, -0.2) is 49.6 Å². The number of alkyl halides is 3. The Morgan fingerprint density at radius 2 is 1.54 bits per heavy atom. The molecule has 3 rings (SSSR count). The molecule has 0 aromatic carbocycles. The van der Waals surface area contributed by atoms with E-state index in [0.717, 1.165) is 12.8 Å². The fourth-order valence-electron chi connectivity index (χ4n) is 4.14. The van der Waals surface area contributed by atoms with Crippen molar-refractivity contribution in [3.63, 3.8) is 0 Å². The number of carbonyl (C=O) groups is 1. The molecule has 3 fully saturated rings. The quantitative estimate of drug-likeness (QED) is 0.784. The summed E-state index contributed by atoms with van der Waals surface area (Å²) in [7, 11) is 0. The van der Waals surface area contributed by atoms with Crippen LogP contribution in [0.2, 0.25) is 0 Å². The summed E-state index contributed by atoms with van der Waals surface area (Å²) in [6.07, 6.45) is -0.715. The van der Waals surface area contributed by atoms with Gasteiger partial charge in [-0.25, -0.2) is 0 Å². The number of hydrogen-bond donors (Lipinski definition) is 0. The molecule has 0 aromatic heterocycles. The first kappa shape index (κ1) is 18.0. The Morgan fingerprint density at radius 3 is 2.08 bits per heavy atom. The first-order valence-electron chi connectivity index (χ1n) is 9.01. The molecular weight excluding hydrogens is 323 g/mol. The molecule has 1 amide bonds. The highest BCUT2D eigenvalue weighted by Gasteiger charge is 2.42. The monoisotopic (exact) mass is 349 g/mol. The van der Waals surface area contributed by atoms with Gasteiger partial charge in [0, 0.05) is 25.4 Å². The summed E-state index contributed by atoms with van der Waals surface area (Å²) < 4.78 is 49.1. The molecule has 1 aliphatic carbocycles. The lowest BCUT2D eigenvalue weighted by Crippen LogP contribution is -2.42. The van der Waals surface area contributed by atoms with Gasteiger partial charge in [0.05, 0.1) is 19.1 Å². The molecular formula is C17H26F3NO3. The van der Waals surface area contributed by atoms with E-state index in [4.69, 9.17) is 9.47 Å². The molecule has 0 N–H and O–H groups in total. The fraction of sp³-hybridized carbons (Fsp3) is 0.941. The van der Waals surface area contributed by atoms with Gasteiger partial charge in [-0.3, -0.25) is 4.79 Å². The van der Waals surface area contributed by atoms with Crippen LogP contribution in [0.25, 0.3) is 0 Å². The zero-order valence-electron chi connectivity index (χ0n) is 13.9. The van der Waals surface area contributed by atoms with Crippen LogP contribution in [-0.2, 0) is 14.3 Å². The number of rotatable bonds is 3. The molecule has 1 saturated carbocycles. The highest BCUT2D eigenvalue weighted by Crippen LogP contribution is 2.40. The average Bonchev–Trinajstić information content (AvgIpc) is 3.09. The van der Waals surface area contributed by atoms with Gasteiger partial charge in [-0.2, -0.15) is 13.2 Å². The minimum Gasteiger partial charge on any atom is -0.350 e. The minimum atomic E-state index is -4.08. The Bertz CT molecular complexity index is 421. The van der Waals surface area contributed by atoms with E-state index >= 15 is 0 Å². The molecule has 0 unspecified atom stereocenters. The molecule has 0 atom stereocenters. The van der Waals surface area contributed by atoms with Gasteiger partial charge >= 0.3 is 6.18 Å². The van der Waals surface area contributed by atoms with Crippen molar-refractivity contribution in [2.75, 3.05) is 26.3 Å². The van der Waals surface area contributed by atoms with Gasteiger partial charge in [0.25, 0.3) is 0 Å². The Balaban J connectivity index is 1.39. The van der Waals surface area contributed by atoms with Crippen LogP contribution >= 0.6 is 0 Å². The maximum absolute atomic E-state index is 12.7. The second-order valence-electron chi connectivity index (χ2n) is 7.29. The van der Waals surface area contributed by atoms with E-state index in [2.05, 4.69) is 0 Å². The van der Waals surface area contributed by atoms with Crippen molar-refractivity contribution in [1.29, 1.82) is 0 Å². The Labute approximate surface area is 140 Å². The summed E-state index contributed by atoms with van der Waals surface area (Å²) in [5.74, 6) is -0.628. The van der Waals surface area contributed by atoms with Gasteiger partial charge in [0.15, 0.2) is 6.29 Å². The molecule has 7 heteroatoms. The van der Waals surface area contributed by atoms with E-state index in [1.54, 1.807) is 0 Å². The molecule has 0 spiro atoms. The number of nitrogens with zero attached hydrogens (tertiary/aromatic N) is 1. The zero-order valence-corrected chi connectivity index (χ0v) is 13.9. The molecule has 0 aromatic rings. The molecule has 4 nitrogen and oxygen atoms in total. The van der Waals surface area contributed by atoms with Crippen LogP contribution in [0.5, 0.6) is 0 Å². The van der Waals surface area contributed by atoms with E-state index in [1.807, 2.05) is 4.90 Å². The van der Waals surface area contributed by atoms with Crippen LogP contribution in [0, 0.1) is 17.8 Å². The Morgan fingerprint density at radius 1 is 0.958 bits per heavy atom. The minimum absolute atomic E-state index is 0.0946. The van der Waals surface area contributed by atoms with Crippen LogP contribution in [0.15, 0.2) is 0 Å². The highest BCUT2D eigenvalue weighted by atomic mass is 19.4. The number of carbonyl (C=O) groups excluding carboxylic acids is 1. The maximum Gasteiger partial charge on any atom is 0.391 e. The molecule has 0 bridgehead atoms. The molecule has 3 aliphatic rings. The molecule has 2 aliphatic heterocycles. The largest absolute Gasteiger partial charge is 0.391 e. The van der Waals surface area contributed by atoms with Gasteiger partial charge in [-0.15, -0.1) is 0 Å². The van der Waals surface area contributed by atoms with Crippen LogP contribution < -0.4 is 0 Å². The third-order valence-electron chi connectivity index (χ3n) is 5.70. The first-order valence-corrected chi connectivity index (χ1v) is 9.01. The number of amides is 1. The smallest absolute Gasteiger partial charge is 0.350 e. The van der Waals surface area contributed by atoms with Crippen molar-refractivity contribution < 1.29 is 27.4 Å². The number of piperidine rings is 1. The highest BCUT2D eigenvalue weighted by molar-refractivity contribution is 5.76. The summed E-state index contributed by atoms with van der Waals surface area (Å²) in [5.41, 5.74) is 0. The van der Waals surface area contributed by atoms with Crippen molar-refractivity contribution in [2.45, 2.75) is 57.4 Å². The van der Waals surface area contributed by atoms with Crippen LogP contribution in [0.1, 0.15) is 44.9 Å². The first-order chi connectivity index (χ1) is 11.4. The van der Waals surface area contributed by atoms with Crippen molar-refractivity contribution in [3.8, 4) is 0 Å². The molecule has 2 heterocycles. The summed E-state index contributed by atoms with van der Waals surface area (Å²) in [5, 5.41) is 0. The second-order valence-corrected chi connectivity index (χ2v) is 7.29. The van der Waals surface area contributed by atoms with Crippen molar-refractivity contribution in [2.24, 2.45) is 17.8 Å². The molecule has 0 radical (unpaired) electrons. The van der Waals surface area contributed by atoms with E-state index in [9.17, 15) is 18.0 Å². The van der Waals surface area contributed by atoms with Crippen molar-refractivity contribution in [1.82, 2.24) is 4.90 Å². The fourth-order valence-corrected chi connectivity index (χ4v) is 4.14. The standard InChI is InChI=1S/C17H26F3NO3/c18-17(19,20)14-3-1-12(2-4-14)11-15(22)21-7-5-13(6-8-21)16-23-9-10-24-16/h12-14,16H,1-11H2. The predicted octanol–water partition coefficient (Wildman–Crippen LogP) is 3.36. The number of likely N-dealkylation sites (tertiary alicyclic amines) is 1. The van der Waals surface area contributed by atoms with Crippen molar-refractivity contribution in [3.05, 3.63) is 0 Å². The number of halogens is 3. The van der Waals surface area contributed by atoms with Gasteiger partial charge in [0.1, 0.15) is 0 Å². The number of ether oxygens (including phenoxy) is 2. The average molecular weight is 349 g/mol. The second kappa shape index (κ2) is 7.60. The summed E-state index contributed by atoms with van der Waals surface area (Å²) in [4.78, 5) is 14.3. The number of hydrogen-bond acceptors (Lipinski definition) is 3. The SMILES string of the molecule is O=C(CC1CCC(C(F)(F)F)CC1)N1CCC(C2OCCO2)CC1. The van der Waals surface area contributed by atoms with Crippen LogP contribution in [0.3, 0.4) is 0 Å². The van der Waals surface area contributed by atoms with E-state index in [-0.39, 0.29) is 31.0 Å². The van der Waals surface area contributed by atoms with Crippen molar-refractivity contribution >= 4 is 5.91 Å². The molecule has 24 heavy (non-hydrogen) atoms. The lowest BCUT2D eigenvalue weighted by Gasteiger charge is -2.35. The third-order valence-corrected chi connectivity index (χ3v) is 5.70. The summed E-state index contributed by atoms with van der Waals surface area (Å²) >= 11 is 0.